The molecule has 0 saturated carbocycles. The van der Waals surface area contributed by atoms with E-state index in [1.807, 2.05) is 19.2 Å². The van der Waals surface area contributed by atoms with Crippen LogP contribution in [0.25, 0.3) is 0 Å². The molecule has 1 aromatic rings. The zero-order valence-corrected chi connectivity index (χ0v) is 11.7. The van der Waals surface area contributed by atoms with Crippen molar-refractivity contribution in [2.45, 2.75) is 33.2 Å². The van der Waals surface area contributed by atoms with Crippen molar-refractivity contribution in [1.29, 1.82) is 0 Å². The fourth-order valence-corrected chi connectivity index (χ4v) is 2.43. The Balaban J connectivity index is 1.78. The maximum Gasteiger partial charge on any atom is 0.125 e. The van der Waals surface area contributed by atoms with Crippen LogP contribution < -0.4 is 5.32 Å². The number of hydrogen-bond acceptors (Lipinski definition) is 4. The normalized spacial score (nSPS) is 19.9. The standard InChI is InChI=1S/C14H24N4/c1-12-16-7-4-13(17-12)10-15-11-14(2)5-8-18(3)9-6-14/h4,7,15H,5-6,8-11H2,1-3H3. The summed E-state index contributed by atoms with van der Waals surface area (Å²) in [6.07, 6.45) is 4.38. The molecule has 1 N–H and O–H groups in total. The van der Waals surface area contributed by atoms with E-state index < -0.39 is 0 Å². The van der Waals surface area contributed by atoms with Crippen LogP contribution in [0.3, 0.4) is 0 Å². The Kier molecular flexibility index (Phi) is 4.30. The molecular weight excluding hydrogens is 224 g/mol. The van der Waals surface area contributed by atoms with Gasteiger partial charge < -0.3 is 10.2 Å². The highest BCUT2D eigenvalue weighted by atomic mass is 15.1. The third kappa shape index (κ3) is 3.75. The Hall–Kier alpha value is -1.00. The largest absolute Gasteiger partial charge is 0.311 e. The minimum Gasteiger partial charge on any atom is -0.311 e. The lowest BCUT2D eigenvalue weighted by molar-refractivity contribution is 0.136. The van der Waals surface area contributed by atoms with Crippen LogP contribution in [0.1, 0.15) is 31.3 Å². The van der Waals surface area contributed by atoms with Crippen LogP contribution in [-0.2, 0) is 6.54 Å². The van der Waals surface area contributed by atoms with Crippen LogP contribution >= 0.6 is 0 Å². The van der Waals surface area contributed by atoms with Gasteiger partial charge in [0, 0.05) is 19.3 Å². The molecular formula is C14H24N4. The summed E-state index contributed by atoms with van der Waals surface area (Å²) in [5.41, 5.74) is 1.52. The predicted molar refractivity (Wildman–Crippen MR) is 73.3 cm³/mol. The smallest absolute Gasteiger partial charge is 0.125 e. The van der Waals surface area contributed by atoms with Gasteiger partial charge in [-0.05, 0) is 51.4 Å². The molecule has 0 atom stereocenters. The maximum atomic E-state index is 4.41. The monoisotopic (exact) mass is 248 g/mol. The molecule has 1 fully saturated rings. The average Bonchev–Trinajstić information content (AvgIpc) is 2.34. The molecule has 4 nitrogen and oxygen atoms in total. The van der Waals surface area contributed by atoms with Gasteiger partial charge in [0.25, 0.3) is 0 Å². The van der Waals surface area contributed by atoms with Gasteiger partial charge in [0.2, 0.25) is 0 Å². The molecule has 0 aliphatic carbocycles. The van der Waals surface area contributed by atoms with Crippen LogP contribution in [0, 0.1) is 12.3 Å². The Bertz CT molecular complexity index is 383. The number of aromatic nitrogens is 2. The molecule has 2 heterocycles. The average molecular weight is 248 g/mol. The molecule has 4 heteroatoms. The van der Waals surface area contributed by atoms with Gasteiger partial charge in [0.1, 0.15) is 5.82 Å². The number of rotatable bonds is 4. The molecule has 1 aliphatic rings. The molecule has 0 unspecified atom stereocenters. The molecule has 0 radical (unpaired) electrons. The van der Waals surface area contributed by atoms with Crippen molar-refractivity contribution < 1.29 is 0 Å². The molecule has 2 rings (SSSR count). The van der Waals surface area contributed by atoms with Crippen LogP contribution in [0.15, 0.2) is 12.3 Å². The molecule has 100 valence electrons. The molecule has 0 amide bonds. The molecule has 1 saturated heterocycles. The van der Waals surface area contributed by atoms with Crippen molar-refractivity contribution >= 4 is 0 Å². The van der Waals surface area contributed by atoms with Crippen molar-refractivity contribution in [2.75, 3.05) is 26.7 Å². The first-order valence-corrected chi connectivity index (χ1v) is 6.75. The van der Waals surface area contributed by atoms with Crippen LogP contribution in [-0.4, -0.2) is 41.5 Å². The van der Waals surface area contributed by atoms with Gasteiger partial charge in [-0.2, -0.15) is 0 Å². The van der Waals surface area contributed by atoms with E-state index in [0.717, 1.165) is 24.6 Å². The topological polar surface area (TPSA) is 41.1 Å². The first kappa shape index (κ1) is 13.4. The van der Waals surface area contributed by atoms with E-state index in [-0.39, 0.29) is 0 Å². The third-order valence-corrected chi connectivity index (χ3v) is 3.89. The number of aryl methyl sites for hydroxylation is 1. The second kappa shape index (κ2) is 5.76. The van der Waals surface area contributed by atoms with Crippen LogP contribution in [0.4, 0.5) is 0 Å². The highest BCUT2D eigenvalue weighted by Gasteiger charge is 2.28. The fourth-order valence-electron chi connectivity index (χ4n) is 2.43. The Morgan fingerprint density at radius 2 is 2.11 bits per heavy atom. The van der Waals surface area contributed by atoms with Crippen LogP contribution in [0.2, 0.25) is 0 Å². The fraction of sp³-hybridized carbons (Fsp3) is 0.714. The Morgan fingerprint density at radius 1 is 1.39 bits per heavy atom. The van der Waals surface area contributed by atoms with Gasteiger partial charge in [-0.3, -0.25) is 0 Å². The van der Waals surface area contributed by atoms with Crippen molar-refractivity contribution in [1.82, 2.24) is 20.2 Å². The molecule has 0 spiro atoms. The van der Waals surface area contributed by atoms with Gasteiger partial charge in [0.05, 0.1) is 5.69 Å². The van der Waals surface area contributed by atoms with E-state index in [1.165, 1.54) is 25.9 Å². The number of piperidine rings is 1. The minimum atomic E-state index is 0.439. The van der Waals surface area contributed by atoms with E-state index in [9.17, 15) is 0 Å². The zero-order chi connectivity index (χ0) is 13.0. The summed E-state index contributed by atoms with van der Waals surface area (Å²) in [6.45, 7) is 8.66. The van der Waals surface area contributed by atoms with E-state index in [1.54, 1.807) is 0 Å². The third-order valence-electron chi connectivity index (χ3n) is 3.89. The lowest BCUT2D eigenvalue weighted by Gasteiger charge is -2.38. The number of nitrogens with zero attached hydrogens (tertiary/aromatic N) is 3. The molecule has 1 aromatic heterocycles. The van der Waals surface area contributed by atoms with E-state index in [0.29, 0.717) is 5.41 Å². The summed E-state index contributed by atoms with van der Waals surface area (Å²) < 4.78 is 0. The van der Waals surface area contributed by atoms with Gasteiger partial charge in [-0.1, -0.05) is 6.92 Å². The van der Waals surface area contributed by atoms with Gasteiger partial charge in [0.15, 0.2) is 0 Å². The Labute approximate surface area is 110 Å². The van der Waals surface area contributed by atoms with Crippen molar-refractivity contribution in [3.05, 3.63) is 23.8 Å². The number of likely N-dealkylation sites (tertiary alicyclic amines) is 1. The maximum absolute atomic E-state index is 4.41. The van der Waals surface area contributed by atoms with Crippen LogP contribution in [0.5, 0.6) is 0 Å². The van der Waals surface area contributed by atoms with Gasteiger partial charge in [-0.25, -0.2) is 9.97 Å². The van der Waals surface area contributed by atoms with Crippen molar-refractivity contribution in [3.63, 3.8) is 0 Å². The summed E-state index contributed by atoms with van der Waals surface area (Å²) in [7, 11) is 2.21. The first-order valence-electron chi connectivity index (χ1n) is 6.75. The molecule has 0 bridgehead atoms. The molecule has 0 aromatic carbocycles. The lowest BCUT2D eigenvalue weighted by atomic mass is 9.80. The van der Waals surface area contributed by atoms with Crippen molar-refractivity contribution in [2.24, 2.45) is 5.41 Å². The summed E-state index contributed by atoms with van der Waals surface area (Å²) in [4.78, 5) is 10.9. The molecule has 1 aliphatic heterocycles. The van der Waals surface area contributed by atoms with E-state index in [2.05, 4.69) is 34.2 Å². The predicted octanol–water partition coefficient (Wildman–Crippen LogP) is 1.61. The summed E-state index contributed by atoms with van der Waals surface area (Å²) >= 11 is 0. The first-order chi connectivity index (χ1) is 8.57. The lowest BCUT2D eigenvalue weighted by Crippen LogP contribution is -2.41. The summed E-state index contributed by atoms with van der Waals surface area (Å²) in [5, 5.41) is 3.55. The van der Waals surface area contributed by atoms with E-state index >= 15 is 0 Å². The quantitative estimate of drug-likeness (QED) is 0.879. The number of nitrogens with one attached hydrogen (secondary N) is 1. The second-order valence-corrected chi connectivity index (χ2v) is 5.81. The Morgan fingerprint density at radius 3 is 2.78 bits per heavy atom. The zero-order valence-electron chi connectivity index (χ0n) is 11.7. The summed E-state index contributed by atoms with van der Waals surface area (Å²) in [6, 6.07) is 1.98. The summed E-state index contributed by atoms with van der Waals surface area (Å²) in [5.74, 6) is 0.847. The number of hydrogen-bond donors (Lipinski definition) is 1. The minimum absolute atomic E-state index is 0.439. The molecule has 18 heavy (non-hydrogen) atoms. The highest BCUT2D eigenvalue weighted by Crippen LogP contribution is 2.29. The SMILES string of the molecule is Cc1nccc(CNCC2(C)CCN(C)CC2)n1. The van der Waals surface area contributed by atoms with E-state index in [4.69, 9.17) is 0 Å². The van der Waals surface area contributed by atoms with Crippen molar-refractivity contribution in [3.8, 4) is 0 Å². The highest BCUT2D eigenvalue weighted by molar-refractivity contribution is 5.01. The van der Waals surface area contributed by atoms with Gasteiger partial charge >= 0.3 is 0 Å². The second-order valence-electron chi connectivity index (χ2n) is 5.81. The van der Waals surface area contributed by atoms with Gasteiger partial charge in [-0.15, -0.1) is 0 Å².